The van der Waals surface area contributed by atoms with E-state index in [1.807, 2.05) is 25.7 Å². The van der Waals surface area contributed by atoms with Gasteiger partial charge in [-0.1, -0.05) is 12.1 Å². The molecule has 0 saturated carbocycles. The highest BCUT2D eigenvalue weighted by atomic mass is 16.6. The van der Waals surface area contributed by atoms with E-state index in [-0.39, 0.29) is 24.5 Å². The van der Waals surface area contributed by atoms with Gasteiger partial charge in [-0.25, -0.2) is 9.59 Å². The molecule has 0 radical (unpaired) electrons. The summed E-state index contributed by atoms with van der Waals surface area (Å²) in [5, 5.41) is 2.87. The third kappa shape index (κ3) is 6.84. The van der Waals surface area contributed by atoms with Gasteiger partial charge in [-0.15, -0.1) is 0 Å². The van der Waals surface area contributed by atoms with E-state index in [1.165, 1.54) is 7.11 Å². The van der Waals surface area contributed by atoms with E-state index in [4.69, 9.17) is 4.74 Å². The minimum absolute atomic E-state index is 0.0808. The monoisotopic (exact) mass is 391 g/mol. The van der Waals surface area contributed by atoms with Gasteiger partial charge in [0.1, 0.15) is 5.60 Å². The Morgan fingerprint density at radius 2 is 1.64 bits per heavy atom. The van der Waals surface area contributed by atoms with Crippen molar-refractivity contribution in [1.29, 1.82) is 0 Å². The Balaban J connectivity index is 1.71. The maximum atomic E-state index is 12.2. The van der Waals surface area contributed by atoms with Crippen LogP contribution in [0.25, 0.3) is 0 Å². The number of methoxy groups -OCH3 is 1. The fraction of sp³-hybridized carbons (Fsp3) is 0.550. The molecule has 1 fully saturated rings. The first-order chi connectivity index (χ1) is 13.2. The first-order valence-corrected chi connectivity index (χ1v) is 9.32. The molecule has 0 aromatic heterocycles. The van der Waals surface area contributed by atoms with Gasteiger partial charge >= 0.3 is 12.1 Å². The van der Waals surface area contributed by atoms with Crippen LogP contribution in [-0.4, -0.2) is 73.2 Å². The number of piperazine rings is 1. The third-order valence-electron chi connectivity index (χ3n) is 4.26. The fourth-order valence-electron chi connectivity index (χ4n) is 2.75. The van der Waals surface area contributed by atoms with Crippen molar-refractivity contribution < 1.29 is 23.9 Å². The van der Waals surface area contributed by atoms with Gasteiger partial charge in [-0.2, -0.15) is 0 Å². The van der Waals surface area contributed by atoms with Gasteiger partial charge in [0.2, 0.25) is 5.91 Å². The zero-order valence-electron chi connectivity index (χ0n) is 17.0. The SMILES string of the molecule is COC(=O)c1ccc(CNC(=O)CN2CCN(C(=O)OC(C)(C)C)CC2)cc1. The van der Waals surface area contributed by atoms with E-state index in [0.29, 0.717) is 38.3 Å². The van der Waals surface area contributed by atoms with Crippen LogP contribution in [0, 0.1) is 0 Å². The molecular weight excluding hydrogens is 362 g/mol. The van der Waals surface area contributed by atoms with Crippen molar-refractivity contribution in [3.8, 4) is 0 Å². The topological polar surface area (TPSA) is 88.2 Å². The Bertz CT molecular complexity index is 689. The Morgan fingerprint density at radius 3 is 2.18 bits per heavy atom. The van der Waals surface area contributed by atoms with Crippen LogP contribution in [0.2, 0.25) is 0 Å². The molecule has 8 nitrogen and oxygen atoms in total. The molecule has 0 bridgehead atoms. The van der Waals surface area contributed by atoms with Crippen LogP contribution >= 0.6 is 0 Å². The number of esters is 1. The Labute approximate surface area is 165 Å². The summed E-state index contributed by atoms with van der Waals surface area (Å²) in [5.74, 6) is -0.469. The molecule has 2 rings (SSSR count). The number of carbonyl (C=O) groups excluding carboxylic acids is 3. The fourth-order valence-corrected chi connectivity index (χ4v) is 2.75. The highest BCUT2D eigenvalue weighted by Crippen LogP contribution is 2.12. The Kier molecular flexibility index (Phi) is 7.39. The number of hydrogen-bond acceptors (Lipinski definition) is 6. The molecule has 154 valence electrons. The zero-order chi connectivity index (χ0) is 20.7. The summed E-state index contributed by atoms with van der Waals surface area (Å²) < 4.78 is 10.0. The van der Waals surface area contributed by atoms with Crippen molar-refractivity contribution in [2.24, 2.45) is 0 Å². The van der Waals surface area contributed by atoms with Gasteiger partial charge in [-0.3, -0.25) is 9.69 Å². The molecule has 0 unspecified atom stereocenters. The van der Waals surface area contributed by atoms with Crippen LogP contribution in [-0.2, 0) is 20.8 Å². The van der Waals surface area contributed by atoms with Gasteiger partial charge < -0.3 is 19.7 Å². The molecule has 0 spiro atoms. The molecule has 1 heterocycles. The van der Waals surface area contributed by atoms with E-state index in [2.05, 4.69) is 10.1 Å². The molecule has 1 saturated heterocycles. The molecule has 1 aliphatic heterocycles. The molecule has 0 atom stereocenters. The number of nitrogens with zero attached hydrogens (tertiary/aromatic N) is 2. The lowest BCUT2D eigenvalue weighted by Gasteiger charge is -2.35. The maximum absolute atomic E-state index is 12.2. The highest BCUT2D eigenvalue weighted by Gasteiger charge is 2.26. The first-order valence-electron chi connectivity index (χ1n) is 9.32. The largest absolute Gasteiger partial charge is 0.465 e. The lowest BCUT2D eigenvalue weighted by molar-refractivity contribution is -0.122. The van der Waals surface area contributed by atoms with E-state index in [1.54, 1.807) is 29.2 Å². The number of rotatable bonds is 5. The van der Waals surface area contributed by atoms with Crippen LogP contribution in [0.3, 0.4) is 0 Å². The molecule has 2 amide bonds. The minimum atomic E-state index is -0.511. The highest BCUT2D eigenvalue weighted by molar-refractivity contribution is 5.89. The summed E-state index contributed by atoms with van der Waals surface area (Å²) >= 11 is 0. The average molecular weight is 391 g/mol. The zero-order valence-corrected chi connectivity index (χ0v) is 17.0. The van der Waals surface area contributed by atoms with Crippen molar-refractivity contribution >= 4 is 18.0 Å². The normalized spacial score (nSPS) is 15.1. The molecule has 0 aliphatic carbocycles. The second-order valence-corrected chi connectivity index (χ2v) is 7.71. The standard InChI is InChI=1S/C20H29N3O5/c1-20(2,3)28-19(26)23-11-9-22(10-12-23)14-17(24)21-13-15-5-7-16(8-6-15)18(25)27-4/h5-8H,9-14H2,1-4H3,(H,21,24). The minimum Gasteiger partial charge on any atom is -0.465 e. The molecule has 8 heteroatoms. The maximum Gasteiger partial charge on any atom is 0.410 e. The van der Waals surface area contributed by atoms with Crippen LogP contribution in [0.5, 0.6) is 0 Å². The summed E-state index contributed by atoms with van der Waals surface area (Å²) in [6.45, 7) is 8.52. The van der Waals surface area contributed by atoms with Crippen molar-refractivity contribution in [2.75, 3.05) is 39.8 Å². The predicted molar refractivity (Wildman–Crippen MR) is 104 cm³/mol. The summed E-state index contributed by atoms with van der Waals surface area (Å²) in [7, 11) is 1.34. The van der Waals surface area contributed by atoms with Gasteiger partial charge in [0.15, 0.2) is 0 Å². The summed E-state index contributed by atoms with van der Waals surface area (Å²) in [6.07, 6.45) is -0.313. The smallest absolute Gasteiger partial charge is 0.410 e. The van der Waals surface area contributed by atoms with Gasteiger partial charge in [0.25, 0.3) is 0 Å². The summed E-state index contributed by atoms with van der Waals surface area (Å²) in [5.41, 5.74) is 0.861. The van der Waals surface area contributed by atoms with Crippen molar-refractivity contribution in [1.82, 2.24) is 15.1 Å². The average Bonchev–Trinajstić information content (AvgIpc) is 2.65. The second-order valence-electron chi connectivity index (χ2n) is 7.71. The van der Waals surface area contributed by atoms with Crippen LogP contribution in [0.1, 0.15) is 36.7 Å². The van der Waals surface area contributed by atoms with E-state index >= 15 is 0 Å². The van der Waals surface area contributed by atoms with E-state index in [0.717, 1.165) is 5.56 Å². The lowest BCUT2D eigenvalue weighted by atomic mass is 10.1. The predicted octanol–water partition coefficient (Wildman–Crippen LogP) is 1.64. The molecular formula is C20H29N3O5. The second kappa shape index (κ2) is 9.54. The van der Waals surface area contributed by atoms with Gasteiger partial charge in [0, 0.05) is 32.7 Å². The van der Waals surface area contributed by atoms with Gasteiger partial charge in [0.05, 0.1) is 19.2 Å². The van der Waals surface area contributed by atoms with Crippen LogP contribution < -0.4 is 5.32 Å². The van der Waals surface area contributed by atoms with E-state index in [9.17, 15) is 14.4 Å². The molecule has 1 aliphatic rings. The van der Waals surface area contributed by atoms with Crippen molar-refractivity contribution in [3.05, 3.63) is 35.4 Å². The van der Waals surface area contributed by atoms with Crippen molar-refractivity contribution in [2.45, 2.75) is 32.9 Å². The first kappa shape index (κ1) is 21.7. The molecule has 1 N–H and O–H groups in total. The van der Waals surface area contributed by atoms with Crippen LogP contribution in [0.4, 0.5) is 4.79 Å². The lowest BCUT2D eigenvalue weighted by Crippen LogP contribution is -2.52. The number of benzene rings is 1. The summed E-state index contributed by atoms with van der Waals surface area (Å²) in [6, 6.07) is 6.91. The van der Waals surface area contributed by atoms with Crippen molar-refractivity contribution in [3.63, 3.8) is 0 Å². The summed E-state index contributed by atoms with van der Waals surface area (Å²) in [4.78, 5) is 39.3. The Hall–Kier alpha value is -2.61. The number of amides is 2. The van der Waals surface area contributed by atoms with E-state index < -0.39 is 5.60 Å². The molecule has 1 aromatic carbocycles. The van der Waals surface area contributed by atoms with Crippen LogP contribution in [0.15, 0.2) is 24.3 Å². The number of nitrogens with one attached hydrogen (secondary N) is 1. The third-order valence-corrected chi connectivity index (χ3v) is 4.26. The number of ether oxygens (including phenoxy) is 2. The number of hydrogen-bond donors (Lipinski definition) is 1. The quantitative estimate of drug-likeness (QED) is 0.768. The molecule has 1 aromatic rings. The van der Waals surface area contributed by atoms with Gasteiger partial charge in [-0.05, 0) is 38.5 Å². The number of carbonyl (C=O) groups is 3. The Morgan fingerprint density at radius 1 is 1.04 bits per heavy atom. The molecule has 28 heavy (non-hydrogen) atoms.